The maximum absolute atomic E-state index is 12.8. The molecule has 4 aromatic rings. The van der Waals surface area contributed by atoms with Gasteiger partial charge in [-0.15, -0.1) is 0 Å². The predicted octanol–water partition coefficient (Wildman–Crippen LogP) is 3.88. The van der Waals surface area contributed by atoms with E-state index < -0.39 is 11.8 Å². The van der Waals surface area contributed by atoms with Crippen LogP contribution in [0.3, 0.4) is 0 Å². The van der Waals surface area contributed by atoms with Crippen molar-refractivity contribution in [1.82, 2.24) is 14.5 Å². The molecule has 3 heterocycles. The van der Waals surface area contributed by atoms with Crippen LogP contribution in [0.2, 0.25) is 0 Å². The lowest BCUT2D eigenvalue weighted by Gasteiger charge is -2.11. The number of furan rings is 1. The first-order valence-corrected chi connectivity index (χ1v) is 10.4. The topological polar surface area (TPSA) is 97.4 Å². The van der Waals surface area contributed by atoms with Gasteiger partial charge in [-0.2, -0.15) is 0 Å². The summed E-state index contributed by atoms with van der Waals surface area (Å²) in [5, 5.41) is 2.84. The average molecular weight is 440 g/mol. The first kappa shape index (κ1) is 20.4. The van der Waals surface area contributed by atoms with Crippen molar-refractivity contribution in [1.29, 1.82) is 0 Å². The van der Waals surface area contributed by atoms with Gasteiger partial charge in [0.2, 0.25) is 0 Å². The number of rotatable bonds is 6. The molecule has 2 aromatic heterocycles. The summed E-state index contributed by atoms with van der Waals surface area (Å²) in [5.41, 5.74) is 2.50. The van der Waals surface area contributed by atoms with Crippen LogP contribution in [-0.2, 0) is 13.1 Å². The number of imide groups is 1. The number of hydrogen-bond acceptors (Lipinski definition) is 5. The van der Waals surface area contributed by atoms with Crippen LogP contribution in [0.1, 0.15) is 48.2 Å². The van der Waals surface area contributed by atoms with Crippen LogP contribution in [0.15, 0.2) is 77.7 Å². The number of benzene rings is 2. The van der Waals surface area contributed by atoms with Gasteiger partial charge in [0.05, 0.1) is 23.9 Å². The second-order valence-corrected chi connectivity index (χ2v) is 7.79. The van der Waals surface area contributed by atoms with Gasteiger partial charge >= 0.3 is 0 Å². The SMILES string of the molecule is Cc1nccn1Cc1ccc(NC(=O)c2ccc3c(c2)C(=O)N(Cc2ccco2)C3=O)cc1. The molecule has 0 atom stereocenters. The highest BCUT2D eigenvalue weighted by Gasteiger charge is 2.36. The minimum atomic E-state index is -0.444. The Labute approximate surface area is 189 Å². The molecule has 0 saturated carbocycles. The minimum Gasteiger partial charge on any atom is -0.467 e. The number of hydrogen-bond donors (Lipinski definition) is 1. The molecule has 8 nitrogen and oxygen atoms in total. The van der Waals surface area contributed by atoms with Crippen molar-refractivity contribution in [2.45, 2.75) is 20.0 Å². The summed E-state index contributed by atoms with van der Waals surface area (Å²) in [6.07, 6.45) is 5.16. The smallest absolute Gasteiger partial charge is 0.261 e. The molecule has 5 rings (SSSR count). The normalized spacial score (nSPS) is 12.8. The minimum absolute atomic E-state index is 0.0474. The van der Waals surface area contributed by atoms with Crippen LogP contribution in [-0.4, -0.2) is 32.2 Å². The van der Waals surface area contributed by atoms with E-state index in [1.54, 1.807) is 24.4 Å². The largest absolute Gasteiger partial charge is 0.467 e. The summed E-state index contributed by atoms with van der Waals surface area (Å²) in [4.78, 5) is 43.5. The van der Waals surface area contributed by atoms with E-state index in [0.29, 0.717) is 23.6 Å². The van der Waals surface area contributed by atoms with Gasteiger partial charge < -0.3 is 14.3 Å². The molecule has 164 valence electrons. The fourth-order valence-corrected chi connectivity index (χ4v) is 3.80. The molecule has 1 aliphatic rings. The molecule has 1 N–H and O–H groups in total. The highest BCUT2D eigenvalue weighted by molar-refractivity contribution is 6.22. The molecule has 0 unspecified atom stereocenters. The molecular formula is C25H20N4O4. The lowest BCUT2D eigenvalue weighted by Crippen LogP contribution is -2.28. The fourth-order valence-electron chi connectivity index (χ4n) is 3.80. The Balaban J connectivity index is 1.29. The van der Waals surface area contributed by atoms with Crippen LogP contribution in [0.5, 0.6) is 0 Å². The van der Waals surface area contributed by atoms with E-state index in [2.05, 4.69) is 10.3 Å². The third-order valence-corrected chi connectivity index (χ3v) is 5.62. The third-order valence-electron chi connectivity index (χ3n) is 5.62. The van der Waals surface area contributed by atoms with E-state index in [1.807, 2.05) is 42.0 Å². The fraction of sp³-hybridized carbons (Fsp3) is 0.120. The Kier molecular flexibility index (Phi) is 5.10. The number of imidazole rings is 1. The number of carbonyl (C=O) groups excluding carboxylic acids is 3. The second-order valence-electron chi connectivity index (χ2n) is 7.79. The van der Waals surface area contributed by atoms with Gasteiger partial charge in [-0.3, -0.25) is 19.3 Å². The molecular weight excluding hydrogens is 420 g/mol. The number of fused-ring (bicyclic) bond motifs is 1. The Morgan fingerprint density at radius 3 is 2.48 bits per heavy atom. The number of anilines is 1. The summed E-state index contributed by atoms with van der Waals surface area (Å²) in [6, 6.07) is 15.4. The molecule has 33 heavy (non-hydrogen) atoms. The van der Waals surface area contributed by atoms with Crippen molar-refractivity contribution in [2.24, 2.45) is 0 Å². The van der Waals surface area contributed by atoms with Gasteiger partial charge in [-0.25, -0.2) is 4.98 Å². The van der Waals surface area contributed by atoms with Crippen molar-refractivity contribution >= 4 is 23.4 Å². The Morgan fingerprint density at radius 2 is 1.79 bits per heavy atom. The number of nitrogens with one attached hydrogen (secondary N) is 1. The van der Waals surface area contributed by atoms with Crippen molar-refractivity contribution in [3.05, 3.63) is 107 Å². The third kappa shape index (κ3) is 3.94. The maximum Gasteiger partial charge on any atom is 0.261 e. The van der Waals surface area contributed by atoms with Crippen LogP contribution < -0.4 is 5.32 Å². The highest BCUT2D eigenvalue weighted by Crippen LogP contribution is 2.26. The van der Waals surface area contributed by atoms with Crippen LogP contribution >= 0.6 is 0 Å². The lowest BCUT2D eigenvalue weighted by molar-refractivity contribution is 0.0631. The van der Waals surface area contributed by atoms with Gasteiger partial charge in [-0.1, -0.05) is 12.1 Å². The van der Waals surface area contributed by atoms with E-state index in [0.717, 1.165) is 16.3 Å². The Morgan fingerprint density at radius 1 is 1.00 bits per heavy atom. The van der Waals surface area contributed by atoms with Gasteiger partial charge in [0.1, 0.15) is 11.6 Å². The van der Waals surface area contributed by atoms with Gasteiger partial charge in [-0.05, 0) is 55.0 Å². The summed E-state index contributed by atoms with van der Waals surface area (Å²) < 4.78 is 7.28. The zero-order valence-electron chi connectivity index (χ0n) is 17.8. The summed E-state index contributed by atoms with van der Waals surface area (Å²) >= 11 is 0. The molecule has 3 amide bonds. The molecule has 2 aromatic carbocycles. The monoisotopic (exact) mass is 440 g/mol. The first-order valence-electron chi connectivity index (χ1n) is 10.4. The van der Waals surface area contributed by atoms with Crippen LogP contribution in [0.25, 0.3) is 0 Å². The van der Waals surface area contributed by atoms with Gasteiger partial charge in [0.15, 0.2) is 0 Å². The number of carbonyl (C=O) groups is 3. The van der Waals surface area contributed by atoms with Gasteiger partial charge in [0.25, 0.3) is 17.7 Å². The predicted molar refractivity (Wildman–Crippen MR) is 120 cm³/mol. The zero-order valence-corrected chi connectivity index (χ0v) is 17.8. The molecule has 0 spiro atoms. The van der Waals surface area contributed by atoms with E-state index in [1.165, 1.54) is 18.4 Å². The van der Waals surface area contributed by atoms with Crippen molar-refractivity contribution in [3.63, 3.8) is 0 Å². The number of amides is 3. The van der Waals surface area contributed by atoms with Crippen molar-refractivity contribution < 1.29 is 18.8 Å². The zero-order chi connectivity index (χ0) is 22.9. The maximum atomic E-state index is 12.8. The standard InChI is InChI=1S/C25H20N4O4/c1-16-26-10-11-28(16)14-17-4-7-19(8-5-17)27-23(30)18-6-9-21-22(13-18)25(32)29(24(21)31)15-20-3-2-12-33-20/h2-13H,14-15H2,1H3,(H,27,30). The van der Waals surface area contributed by atoms with E-state index in [4.69, 9.17) is 4.42 Å². The number of aryl methyl sites for hydroxylation is 1. The Hall–Kier alpha value is -4.46. The molecule has 0 saturated heterocycles. The van der Waals surface area contributed by atoms with Crippen LogP contribution in [0, 0.1) is 6.92 Å². The second kappa shape index (κ2) is 8.23. The average Bonchev–Trinajstić information content (AvgIpc) is 3.53. The van der Waals surface area contributed by atoms with Crippen LogP contribution in [0.4, 0.5) is 5.69 Å². The van der Waals surface area contributed by atoms with E-state index >= 15 is 0 Å². The molecule has 1 aliphatic heterocycles. The molecule has 0 bridgehead atoms. The molecule has 0 fully saturated rings. The summed E-state index contributed by atoms with van der Waals surface area (Å²) in [6.45, 7) is 2.68. The lowest BCUT2D eigenvalue weighted by atomic mass is 10.1. The van der Waals surface area contributed by atoms with Gasteiger partial charge in [0, 0.05) is 30.2 Å². The van der Waals surface area contributed by atoms with Crippen molar-refractivity contribution in [2.75, 3.05) is 5.32 Å². The molecule has 8 heteroatoms. The van der Waals surface area contributed by atoms with E-state index in [9.17, 15) is 14.4 Å². The molecule has 0 aliphatic carbocycles. The molecule has 0 radical (unpaired) electrons. The van der Waals surface area contributed by atoms with Crippen molar-refractivity contribution in [3.8, 4) is 0 Å². The van der Waals surface area contributed by atoms with E-state index in [-0.39, 0.29) is 23.6 Å². The number of aromatic nitrogens is 2. The highest BCUT2D eigenvalue weighted by atomic mass is 16.3. The first-order chi connectivity index (χ1) is 16.0. The summed E-state index contributed by atoms with van der Waals surface area (Å²) in [5.74, 6) is 0.233. The number of nitrogens with zero attached hydrogens (tertiary/aromatic N) is 3. The Bertz CT molecular complexity index is 1350. The quantitative estimate of drug-likeness (QED) is 0.459. The summed E-state index contributed by atoms with van der Waals surface area (Å²) in [7, 11) is 0.